The number of hydrogen-bond donors (Lipinski definition) is 1. The first-order chi connectivity index (χ1) is 9.90. The summed E-state index contributed by atoms with van der Waals surface area (Å²) in [4.78, 5) is 2.11. The minimum Gasteiger partial charge on any atom is -0.387 e. The Morgan fingerprint density at radius 2 is 1.71 bits per heavy atom. The van der Waals surface area contributed by atoms with E-state index in [4.69, 9.17) is 0 Å². The molecule has 1 aromatic carbocycles. The van der Waals surface area contributed by atoms with Crippen molar-refractivity contribution in [2.75, 3.05) is 39.0 Å². The van der Waals surface area contributed by atoms with Crippen LogP contribution in [0.5, 0.6) is 0 Å². The van der Waals surface area contributed by atoms with Crippen LogP contribution in [0.4, 0.5) is 0 Å². The molecule has 1 aliphatic heterocycles. The van der Waals surface area contributed by atoms with Gasteiger partial charge in [-0.25, -0.2) is 8.42 Å². The van der Waals surface area contributed by atoms with Crippen LogP contribution in [0, 0.1) is 0 Å². The molecule has 2 rings (SSSR count). The summed E-state index contributed by atoms with van der Waals surface area (Å²) in [7, 11) is -3.09. The van der Waals surface area contributed by atoms with Gasteiger partial charge in [-0.3, -0.25) is 4.90 Å². The maximum absolute atomic E-state index is 11.5. The standard InChI is InChI=1S/C15H24N2O3S/c1-3-13-4-6-14(7-5-13)15(18)12-16-8-10-17(11-9-16)21(2,19)20/h4-7,15,18H,3,8-12H2,1-2H3. The van der Waals surface area contributed by atoms with Crippen LogP contribution in [0.1, 0.15) is 24.2 Å². The smallest absolute Gasteiger partial charge is 0.211 e. The van der Waals surface area contributed by atoms with E-state index < -0.39 is 16.1 Å². The van der Waals surface area contributed by atoms with Crippen molar-refractivity contribution >= 4 is 10.0 Å². The summed E-state index contributed by atoms with van der Waals surface area (Å²) < 4.78 is 24.4. The number of nitrogens with zero attached hydrogens (tertiary/aromatic N) is 2. The highest BCUT2D eigenvalue weighted by molar-refractivity contribution is 7.88. The molecule has 1 unspecified atom stereocenters. The average molecular weight is 312 g/mol. The molecule has 0 saturated carbocycles. The van der Waals surface area contributed by atoms with Crippen LogP contribution in [0.15, 0.2) is 24.3 Å². The molecule has 0 aromatic heterocycles. The summed E-state index contributed by atoms with van der Waals surface area (Å²) in [6, 6.07) is 8.02. The van der Waals surface area contributed by atoms with Gasteiger partial charge in [-0.15, -0.1) is 0 Å². The third-order valence-electron chi connectivity index (χ3n) is 4.00. The van der Waals surface area contributed by atoms with Gasteiger partial charge in [-0.05, 0) is 17.5 Å². The lowest BCUT2D eigenvalue weighted by Crippen LogP contribution is -2.49. The van der Waals surface area contributed by atoms with E-state index in [1.54, 1.807) is 0 Å². The maximum atomic E-state index is 11.5. The van der Waals surface area contributed by atoms with Crippen LogP contribution >= 0.6 is 0 Å². The minimum atomic E-state index is -3.09. The van der Waals surface area contributed by atoms with Crippen LogP contribution in [0.25, 0.3) is 0 Å². The molecule has 21 heavy (non-hydrogen) atoms. The molecule has 1 N–H and O–H groups in total. The zero-order valence-corrected chi connectivity index (χ0v) is 13.5. The van der Waals surface area contributed by atoms with Crippen LogP contribution in [-0.4, -0.2) is 61.7 Å². The van der Waals surface area contributed by atoms with E-state index in [0.29, 0.717) is 32.7 Å². The Kier molecular flexibility index (Phi) is 5.37. The lowest BCUT2D eigenvalue weighted by Gasteiger charge is -2.34. The van der Waals surface area contributed by atoms with Crippen molar-refractivity contribution in [2.45, 2.75) is 19.4 Å². The van der Waals surface area contributed by atoms with Crippen LogP contribution in [-0.2, 0) is 16.4 Å². The van der Waals surface area contributed by atoms with Gasteiger partial charge in [0, 0.05) is 32.7 Å². The van der Waals surface area contributed by atoms with Crippen LogP contribution < -0.4 is 0 Å². The van der Waals surface area contributed by atoms with Crippen LogP contribution in [0.2, 0.25) is 0 Å². The highest BCUT2D eigenvalue weighted by Gasteiger charge is 2.24. The molecule has 1 saturated heterocycles. The Morgan fingerprint density at radius 3 is 2.19 bits per heavy atom. The summed E-state index contributed by atoms with van der Waals surface area (Å²) in [5.41, 5.74) is 2.17. The fraction of sp³-hybridized carbons (Fsp3) is 0.600. The zero-order valence-electron chi connectivity index (χ0n) is 12.7. The summed E-state index contributed by atoms with van der Waals surface area (Å²) in [6.45, 7) is 4.98. The van der Waals surface area contributed by atoms with Gasteiger partial charge in [0.25, 0.3) is 0 Å². The fourth-order valence-electron chi connectivity index (χ4n) is 2.57. The number of aliphatic hydroxyl groups excluding tert-OH is 1. The van der Waals surface area contributed by atoms with Gasteiger partial charge in [0.15, 0.2) is 0 Å². The molecule has 1 aromatic rings. The topological polar surface area (TPSA) is 60.9 Å². The number of piperazine rings is 1. The second kappa shape index (κ2) is 6.87. The highest BCUT2D eigenvalue weighted by Crippen LogP contribution is 2.17. The number of sulfonamides is 1. The van der Waals surface area contributed by atoms with E-state index in [1.807, 2.05) is 24.3 Å². The van der Waals surface area contributed by atoms with E-state index in [1.165, 1.54) is 16.1 Å². The largest absolute Gasteiger partial charge is 0.387 e. The highest BCUT2D eigenvalue weighted by atomic mass is 32.2. The Balaban J connectivity index is 1.87. The number of aryl methyl sites for hydroxylation is 1. The Morgan fingerprint density at radius 1 is 1.14 bits per heavy atom. The molecular weight excluding hydrogens is 288 g/mol. The molecule has 0 bridgehead atoms. The minimum absolute atomic E-state index is 0.500. The molecule has 0 aliphatic carbocycles. The van der Waals surface area contributed by atoms with E-state index in [2.05, 4.69) is 11.8 Å². The average Bonchev–Trinajstić information content (AvgIpc) is 2.47. The zero-order chi connectivity index (χ0) is 15.5. The SMILES string of the molecule is CCc1ccc(C(O)CN2CCN(S(C)(=O)=O)CC2)cc1. The molecule has 6 heteroatoms. The molecule has 1 heterocycles. The predicted molar refractivity (Wildman–Crippen MR) is 83.6 cm³/mol. The van der Waals surface area contributed by atoms with Gasteiger partial charge in [-0.1, -0.05) is 31.2 Å². The normalized spacial score (nSPS) is 19.6. The molecule has 0 radical (unpaired) electrons. The summed E-state index contributed by atoms with van der Waals surface area (Å²) in [5.74, 6) is 0. The maximum Gasteiger partial charge on any atom is 0.211 e. The van der Waals surface area contributed by atoms with E-state index in [9.17, 15) is 13.5 Å². The third kappa shape index (κ3) is 4.51. The molecular formula is C15H24N2O3S. The van der Waals surface area contributed by atoms with Crippen molar-refractivity contribution in [2.24, 2.45) is 0 Å². The quantitative estimate of drug-likeness (QED) is 0.876. The van der Waals surface area contributed by atoms with Gasteiger partial charge in [0.2, 0.25) is 10.0 Å². The Labute approximate surface area is 127 Å². The summed E-state index contributed by atoms with van der Waals surface area (Å²) >= 11 is 0. The first-order valence-corrected chi connectivity index (χ1v) is 9.19. The molecule has 1 atom stereocenters. The first-order valence-electron chi connectivity index (χ1n) is 7.34. The van der Waals surface area contributed by atoms with Crippen molar-refractivity contribution in [3.8, 4) is 0 Å². The van der Waals surface area contributed by atoms with Crippen molar-refractivity contribution in [3.63, 3.8) is 0 Å². The van der Waals surface area contributed by atoms with Gasteiger partial charge in [-0.2, -0.15) is 4.31 Å². The van der Waals surface area contributed by atoms with E-state index in [0.717, 1.165) is 12.0 Å². The lowest BCUT2D eigenvalue weighted by atomic mass is 10.1. The van der Waals surface area contributed by atoms with Gasteiger partial charge in [0.1, 0.15) is 0 Å². The van der Waals surface area contributed by atoms with Crippen molar-refractivity contribution < 1.29 is 13.5 Å². The Bertz CT molecular complexity index is 549. The number of rotatable bonds is 5. The molecule has 5 nitrogen and oxygen atoms in total. The molecule has 1 fully saturated rings. The number of aliphatic hydroxyl groups is 1. The van der Waals surface area contributed by atoms with Gasteiger partial charge >= 0.3 is 0 Å². The second-order valence-corrected chi connectivity index (χ2v) is 7.56. The molecule has 118 valence electrons. The Hall–Kier alpha value is -0.950. The number of hydrogen-bond acceptors (Lipinski definition) is 4. The third-order valence-corrected chi connectivity index (χ3v) is 5.31. The number of benzene rings is 1. The first kappa shape index (κ1) is 16.4. The lowest BCUT2D eigenvalue weighted by molar-refractivity contribution is 0.0922. The second-order valence-electron chi connectivity index (χ2n) is 5.57. The van der Waals surface area contributed by atoms with Crippen molar-refractivity contribution in [1.29, 1.82) is 0 Å². The van der Waals surface area contributed by atoms with Crippen molar-refractivity contribution in [1.82, 2.24) is 9.21 Å². The van der Waals surface area contributed by atoms with E-state index in [-0.39, 0.29) is 0 Å². The van der Waals surface area contributed by atoms with Crippen molar-refractivity contribution in [3.05, 3.63) is 35.4 Å². The predicted octanol–water partition coefficient (Wildman–Crippen LogP) is 0.860. The number of β-amino-alcohol motifs (C(OH)–C–C–N with tert-alkyl or cyclic N) is 1. The van der Waals surface area contributed by atoms with Crippen LogP contribution in [0.3, 0.4) is 0 Å². The monoisotopic (exact) mass is 312 g/mol. The van der Waals surface area contributed by atoms with Gasteiger partial charge in [0.05, 0.1) is 12.4 Å². The summed E-state index contributed by atoms with van der Waals surface area (Å²) in [5, 5.41) is 10.3. The fourth-order valence-corrected chi connectivity index (χ4v) is 3.40. The molecule has 1 aliphatic rings. The van der Waals surface area contributed by atoms with E-state index >= 15 is 0 Å². The molecule has 0 spiro atoms. The van der Waals surface area contributed by atoms with Gasteiger partial charge < -0.3 is 5.11 Å². The summed E-state index contributed by atoms with van der Waals surface area (Å²) in [6.07, 6.45) is 1.71. The molecule has 0 amide bonds.